The third kappa shape index (κ3) is 5.92. The van der Waals surface area contributed by atoms with E-state index in [1.807, 2.05) is 30.0 Å². The Balaban J connectivity index is 1.35. The van der Waals surface area contributed by atoms with Gasteiger partial charge in [-0.15, -0.1) is 0 Å². The molecule has 3 rings (SSSR count). The largest absolute Gasteiger partial charge is 0.376 e. The van der Waals surface area contributed by atoms with Gasteiger partial charge in [0.1, 0.15) is 0 Å². The van der Waals surface area contributed by atoms with Crippen LogP contribution in [-0.2, 0) is 20.8 Å². The van der Waals surface area contributed by atoms with Gasteiger partial charge in [-0.2, -0.15) is 0 Å². The number of ether oxygens (including phenoxy) is 3. The molecule has 1 aromatic carbocycles. The number of hydrogen-bond donors (Lipinski definition) is 1. The highest BCUT2D eigenvalue weighted by atomic mass is 16.5. The number of nitrogens with zero attached hydrogens (tertiary/aromatic N) is 1. The lowest BCUT2D eigenvalue weighted by Crippen LogP contribution is -2.53. The second-order valence-corrected chi connectivity index (χ2v) is 7.38. The Morgan fingerprint density at radius 1 is 1.26 bits per heavy atom. The van der Waals surface area contributed by atoms with Gasteiger partial charge < -0.3 is 24.4 Å². The Bertz CT molecular complexity index is 573. The minimum absolute atomic E-state index is 0.0338. The summed E-state index contributed by atoms with van der Waals surface area (Å²) >= 11 is 0. The SMILES string of the molecule is CCNC(=O)N1CCC2(CC1)CC(OCCOCc1ccccc1)CCO2. The van der Waals surface area contributed by atoms with Crippen LogP contribution in [0.5, 0.6) is 0 Å². The van der Waals surface area contributed by atoms with Crippen LogP contribution in [0.2, 0.25) is 0 Å². The van der Waals surface area contributed by atoms with Gasteiger partial charge in [-0.1, -0.05) is 30.3 Å². The third-order valence-electron chi connectivity index (χ3n) is 5.43. The summed E-state index contributed by atoms with van der Waals surface area (Å²) in [7, 11) is 0. The molecule has 2 heterocycles. The van der Waals surface area contributed by atoms with Crippen molar-refractivity contribution >= 4 is 6.03 Å². The summed E-state index contributed by atoms with van der Waals surface area (Å²) in [4.78, 5) is 13.9. The fraction of sp³-hybridized carbons (Fsp3) is 0.667. The first-order chi connectivity index (χ1) is 13.2. The van der Waals surface area contributed by atoms with E-state index in [2.05, 4.69) is 17.4 Å². The van der Waals surface area contributed by atoms with Gasteiger partial charge in [-0.3, -0.25) is 0 Å². The number of nitrogens with one attached hydrogen (secondary N) is 1. The van der Waals surface area contributed by atoms with Crippen molar-refractivity contribution in [2.75, 3.05) is 39.5 Å². The zero-order valence-electron chi connectivity index (χ0n) is 16.3. The summed E-state index contributed by atoms with van der Waals surface area (Å²) in [6.07, 6.45) is 3.83. The summed E-state index contributed by atoms with van der Waals surface area (Å²) in [6.45, 7) is 6.67. The van der Waals surface area contributed by atoms with Gasteiger partial charge in [0.05, 0.1) is 31.5 Å². The van der Waals surface area contributed by atoms with E-state index in [9.17, 15) is 4.79 Å². The van der Waals surface area contributed by atoms with E-state index < -0.39 is 0 Å². The molecule has 2 aliphatic rings. The zero-order chi connectivity index (χ0) is 19.0. The Morgan fingerprint density at radius 3 is 2.78 bits per heavy atom. The highest BCUT2D eigenvalue weighted by Crippen LogP contribution is 2.36. The van der Waals surface area contributed by atoms with Gasteiger partial charge in [-0.05, 0) is 31.7 Å². The lowest BCUT2D eigenvalue weighted by atomic mass is 9.83. The van der Waals surface area contributed by atoms with E-state index in [1.165, 1.54) is 5.56 Å². The fourth-order valence-electron chi connectivity index (χ4n) is 3.89. The lowest BCUT2D eigenvalue weighted by Gasteiger charge is -2.46. The molecule has 1 unspecified atom stereocenters. The minimum atomic E-state index is -0.128. The number of carbonyl (C=O) groups excluding carboxylic acids is 1. The van der Waals surface area contributed by atoms with Crippen molar-refractivity contribution < 1.29 is 19.0 Å². The van der Waals surface area contributed by atoms with Crippen LogP contribution in [0.25, 0.3) is 0 Å². The molecule has 27 heavy (non-hydrogen) atoms. The quantitative estimate of drug-likeness (QED) is 0.744. The predicted molar refractivity (Wildman–Crippen MR) is 104 cm³/mol. The minimum Gasteiger partial charge on any atom is -0.376 e. The topological polar surface area (TPSA) is 60.0 Å². The molecule has 0 saturated carbocycles. The second-order valence-electron chi connectivity index (χ2n) is 7.38. The van der Waals surface area contributed by atoms with Crippen LogP contribution < -0.4 is 5.32 Å². The molecule has 2 saturated heterocycles. The maximum Gasteiger partial charge on any atom is 0.317 e. The Morgan fingerprint density at radius 2 is 2.04 bits per heavy atom. The highest BCUT2D eigenvalue weighted by Gasteiger charge is 2.41. The average Bonchev–Trinajstić information content (AvgIpc) is 2.69. The maximum absolute atomic E-state index is 12.0. The van der Waals surface area contributed by atoms with Crippen molar-refractivity contribution in [3.8, 4) is 0 Å². The Kier molecular flexibility index (Phi) is 7.50. The van der Waals surface area contributed by atoms with E-state index in [1.54, 1.807) is 0 Å². The first-order valence-electron chi connectivity index (χ1n) is 10.1. The summed E-state index contributed by atoms with van der Waals surface area (Å²) in [5.74, 6) is 0. The highest BCUT2D eigenvalue weighted by molar-refractivity contribution is 5.74. The molecule has 6 heteroatoms. The van der Waals surface area contributed by atoms with Crippen LogP contribution >= 0.6 is 0 Å². The molecule has 1 N–H and O–H groups in total. The molecule has 0 aromatic heterocycles. The number of likely N-dealkylation sites (tertiary alicyclic amines) is 1. The van der Waals surface area contributed by atoms with Gasteiger partial charge in [0, 0.05) is 32.7 Å². The normalized spacial score (nSPS) is 22.0. The van der Waals surface area contributed by atoms with Crippen molar-refractivity contribution in [3.63, 3.8) is 0 Å². The number of amides is 2. The van der Waals surface area contributed by atoms with E-state index in [0.717, 1.165) is 45.4 Å². The van der Waals surface area contributed by atoms with Gasteiger partial charge >= 0.3 is 6.03 Å². The van der Waals surface area contributed by atoms with E-state index in [0.29, 0.717) is 26.4 Å². The lowest BCUT2D eigenvalue weighted by molar-refractivity contribution is -0.155. The summed E-state index contributed by atoms with van der Waals surface area (Å²) in [6, 6.07) is 10.2. The van der Waals surface area contributed by atoms with Gasteiger partial charge in [0.2, 0.25) is 0 Å². The van der Waals surface area contributed by atoms with Gasteiger partial charge in [0.25, 0.3) is 0 Å². The predicted octanol–water partition coefficient (Wildman–Crippen LogP) is 2.96. The second kappa shape index (κ2) is 10.1. The Labute approximate surface area is 162 Å². The van der Waals surface area contributed by atoms with E-state index in [4.69, 9.17) is 14.2 Å². The first kappa shape index (κ1) is 20.1. The van der Waals surface area contributed by atoms with Gasteiger partial charge in [-0.25, -0.2) is 4.79 Å². The summed E-state index contributed by atoms with van der Waals surface area (Å²) in [5, 5.41) is 2.87. The van der Waals surface area contributed by atoms with Gasteiger partial charge in [0.15, 0.2) is 0 Å². The molecule has 0 aliphatic carbocycles. The zero-order valence-corrected chi connectivity index (χ0v) is 16.3. The van der Waals surface area contributed by atoms with Crippen molar-refractivity contribution in [1.82, 2.24) is 10.2 Å². The molecule has 150 valence electrons. The molecule has 1 atom stereocenters. The van der Waals surface area contributed by atoms with Crippen LogP contribution in [-0.4, -0.2) is 62.1 Å². The fourth-order valence-corrected chi connectivity index (χ4v) is 3.89. The van der Waals surface area contributed by atoms with E-state index >= 15 is 0 Å². The number of carbonyl (C=O) groups is 1. The summed E-state index contributed by atoms with van der Waals surface area (Å²) < 4.78 is 17.9. The molecule has 2 aliphatic heterocycles. The van der Waals surface area contributed by atoms with Crippen molar-refractivity contribution in [1.29, 1.82) is 0 Å². The number of hydrogen-bond acceptors (Lipinski definition) is 4. The van der Waals surface area contributed by atoms with Crippen molar-refractivity contribution in [2.45, 2.75) is 50.9 Å². The first-order valence-corrected chi connectivity index (χ1v) is 10.1. The van der Waals surface area contributed by atoms with Crippen molar-refractivity contribution in [2.24, 2.45) is 0 Å². The average molecular weight is 376 g/mol. The standard InChI is InChI=1S/C21H32N2O4/c1-2-22-20(24)23-11-9-21(10-12-23)16-19(8-13-27-21)26-15-14-25-17-18-6-4-3-5-7-18/h3-7,19H,2,8-17H2,1H3,(H,22,24). The number of urea groups is 1. The molecule has 0 radical (unpaired) electrons. The van der Waals surface area contributed by atoms with Crippen LogP contribution in [0.3, 0.4) is 0 Å². The Hall–Kier alpha value is -1.63. The maximum atomic E-state index is 12.0. The number of benzene rings is 1. The van der Waals surface area contributed by atoms with Crippen LogP contribution in [0, 0.1) is 0 Å². The number of piperidine rings is 1. The molecular formula is C21H32N2O4. The smallest absolute Gasteiger partial charge is 0.317 e. The van der Waals surface area contributed by atoms with E-state index in [-0.39, 0.29) is 17.7 Å². The van der Waals surface area contributed by atoms with Crippen molar-refractivity contribution in [3.05, 3.63) is 35.9 Å². The molecule has 1 aromatic rings. The monoisotopic (exact) mass is 376 g/mol. The molecular weight excluding hydrogens is 344 g/mol. The molecule has 6 nitrogen and oxygen atoms in total. The van der Waals surface area contributed by atoms with Crippen LogP contribution in [0.1, 0.15) is 38.2 Å². The summed E-state index contributed by atoms with van der Waals surface area (Å²) in [5.41, 5.74) is 1.05. The molecule has 1 spiro atoms. The third-order valence-corrected chi connectivity index (χ3v) is 5.43. The molecule has 2 amide bonds. The molecule has 0 bridgehead atoms. The van der Waals surface area contributed by atoms with Crippen LogP contribution in [0.15, 0.2) is 30.3 Å². The molecule has 2 fully saturated rings. The van der Waals surface area contributed by atoms with Crippen LogP contribution in [0.4, 0.5) is 4.79 Å². The number of rotatable bonds is 7.